The van der Waals surface area contributed by atoms with Crippen molar-refractivity contribution in [3.8, 4) is 0 Å². The van der Waals surface area contributed by atoms with Gasteiger partial charge in [0.25, 0.3) is 0 Å². The Labute approximate surface area is 194 Å². The van der Waals surface area contributed by atoms with E-state index in [0.717, 1.165) is 17.7 Å². The number of fused-ring (bicyclic) bond motifs is 1. The van der Waals surface area contributed by atoms with Gasteiger partial charge in [0, 0.05) is 25.7 Å². The lowest BCUT2D eigenvalue weighted by Crippen LogP contribution is -2.32. The fourth-order valence-corrected chi connectivity index (χ4v) is 3.88. The van der Waals surface area contributed by atoms with E-state index in [1.165, 1.54) is 13.0 Å². The highest BCUT2D eigenvalue weighted by Gasteiger charge is 2.31. The van der Waals surface area contributed by atoms with Gasteiger partial charge in [-0.25, -0.2) is 9.97 Å². The summed E-state index contributed by atoms with van der Waals surface area (Å²) in [5.74, 6) is 0.894. The van der Waals surface area contributed by atoms with E-state index in [1.807, 2.05) is 12.1 Å². The van der Waals surface area contributed by atoms with Crippen LogP contribution < -0.4 is 11.1 Å². The summed E-state index contributed by atoms with van der Waals surface area (Å²) in [5.41, 5.74) is 7.29. The SMILES string of the molecule is CC(=O)N1CC=C(c2cc3c(N[C@H](C)c4cc(N)cc(C(F)(F)F)c4)nc(C)nc3nn2)CC1. The Hall–Kier alpha value is -3.76. The van der Waals surface area contributed by atoms with Crippen molar-refractivity contribution in [1.29, 1.82) is 0 Å². The molecule has 3 N–H and O–H groups in total. The van der Waals surface area contributed by atoms with Crippen LogP contribution in [0.4, 0.5) is 24.7 Å². The van der Waals surface area contributed by atoms with Crippen molar-refractivity contribution in [3.05, 3.63) is 53.0 Å². The van der Waals surface area contributed by atoms with E-state index in [4.69, 9.17) is 5.73 Å². The van der Waals surface area contributed by atoms with Crippen molar-refractivity contribution >= 4 is 34.0 Å². The molecule has 0 unspecified atom stereocenters. The summed E-state index contributed by atoms with van der Waals surface area (Å²) < 4.78 is 39.8. The van der Waals surface area contributed by atoms with Gasteiger partial charge in [0.05, 0.1) is 22.7 Å². The number of anilines is 2. The molecule has 1 atom stereocenters. The van der Waals surface area contributed by atoms with Crippen molar-refractivity contribution in [2.45, 2.75) is 39.4 Å². The van der Waals surface area contributed by atoms with Gasteiger partial charge >= 0.3 is 6.18 Å². The molecule has 0 saturated carbocycles. The Morgan fingerprint density at radius 3 is 2.59 bits per heavy atom. The maximum atomic E-state index is 13.3. The zero-order valence-electron chi connectivity index (χ0n) is 18.9. The van der Waals surface area contributed by atoms with Crippen LogP contribution in [0.2, 0.25) is 0 Å². The number of nitrogens with two attached hydrogens (primary N) is 1. The van der Waals surface area contributed by atoms with Crippen LogP contribution in [-0.4, -0.2) is 44.1 Å². The van der Waals surface area contributed by atoms with Crippen molar-refractivity contribution in [2.75, 3.05) is 24.1 Å². The number of carbonyl (C=O) groups is 1. The number of alkyl halides is 3. The van der Waals surface area contributed by atoms with Gasteiger partial charge in [-0.2, -0.15) is 13.2 Å². The van der Waals surface area contributed by atoms with Crippen LogP contribution in [-0.2, 0) is 11.0 Å². The summed E-state index contributed by atoms with van der Waals surface area (Å²) in [4.78, 5) is 22.1. The molecule has 2 aromatic heterocycles. The van der Waals surface area contributed by atoms with Crippen molar-refractivity contribution in [1.82, 2.24) is 25.1 Å². The van der Waals surface area contributed by atoms with E-state index in [-0.39, 0.29) is 11.6 Å². The highest BCUT2D eigenvalue weighted by molar-refractivity contribution is 5.88. The largest absolute Gasteiger partial charge is 0.416 e. The summed E-state index contributed by atoms with van der Waals surface area (Å²) in [6, 6.07) is 4.77. The Morgan fingerprint density at radius 2 is 1.94 bits per heavy atom. The summed E-state index contributed by atoms with van der Waals surface area (Å²) >= 11 is 0. The Kier molecular flexibility index (Phi) is 6.11. The van der Waals surface area contributed by atoms with Crippen LogP contribution in [0.15, 0.2) is 30.3 Å². The molecule has 0 saturated heterocycles. The van der Waals surface area contributed by atoms with E-state index < -0.39 is 17.8 Å². The van der Waals surface area contributed by atoms with Crippen LogP contribution in [0.1, 0.15) is 49.0 Å². The van der Waals surface area contributed by atoms with Gasteiger partial charge in [-0.1, -0.05) is 6.08 Å². The summed E-state index contributed by atoms with van der Waals surface area (Å²) in [6.45, 7) is 6.05. The number of amides is 1. The minimum atomic E-state index is -4.50. The maximum Gasteiger partial charge on any atom is 0.416 e. The highest BCUT2D eigenvalue weighted by atomic mass is 19.4. The van der Waals surface area contributed by atoms with Crippen LogP contribution in [0, 0.1) is 6.92 Å². The third kappa shape index (κ3) is 4.92. The molecule has 3 aromatic rings. The first-order valence-corrected chi connectivity index (χ1v) is 10.7. The molecule has 8 nitrogen and oxygen atoms in total. The number of aryl methyl sites for hydroxylation is 1. The Bertz CT molecular complexity index is 1290. The van der Waals surface area contributed by atoms with Gasteiger partial charge in [0.1, 0.15) is 11.6 Å². The van der Waals surface area contributed by atoms with Gasteiger partial charge in [-0.3, -0.25) is 4.79 Å². The lowest BCUT2D eigenvalue weighted by atomic mass is 10.0. The smallest absolute Gasteiger partial charge is 0.399 e. The zero-order chi connectivity index (χ0) is 24.6. The lowest BCUT2D eigenvalue weighted by Gasteiger charge is -2.25. The van der Waals surface area contributed by atoms with E-state index >= 15 is 0 Å². The minimum Gasteiger partial charge on any atom is -0.399 e. The molecular formula is C23H24F3N7O. The minimum absolute atomic E-state index is 0.0134. The second kappa shape index (κ2) is 8.88. The monoisotopic (exact) mass is 471 g/mol. The second-order valence-corrected chi connectivity index (χ2v) is 8.28. The first kappa shape index (κ1) is 23.4. The molecule has 178 valence electrons. The number of carbonyl (C=O) groups excluding carboxylic acids is 1. The van der Waals surface area contributed by atoms with Gasteiger partial charge in [0.2, 0.25) is 5.91 Å². The quantitative estimate of drug-likeness (QED) is 0.551. The molecule has 11 heteroatoms. The van der Waals surface area contributed by atoms with Gasteiger partial charge in [-0.15, -0.1) is 10.2 Å². The fraction of sp³-hybridized carbons (Fsp3) is 0.348. The topological polar surface area (TPSA) is 110 Å². The summed E-state index contributed by atoms with van der Waals surface area (Å²) in [5, 5.41) is 12.3. The molecular weight excluding hydrogens is 447 g/mol. The number of rotatable bonds is 4. The molecule has 1 aromatic carbocycles. The van der Waals surface area contributed by atoms with Crippen LogP contribution in [0.3, 0.4) is 0 Å². The number of hydrogen-bond donors (Lipinski definition) is 2. The average molecular weight is 471 g/mol. The second-order valence-electron chi connectivity index (χ2n) is 8.28. The molecule has 0 bridgehead atoms. The van der Waals surface area contributed by atoms with Crippen molar-refractivity contribution in [3.63, 3.8) is 0 Å². The molecule has 0 spiro atoms. The standard InChI is InChI=1S/C23H24F3N7O/c1-12(16-8-17(23(24,25)26)10-18(27)9-16)28-21-19-11-20(31-32-22(19)30-13(2)29-21)15-4-6-33(7-5-15)14(3)34/h4,8-12H,5-7,27H2,1-3H3,(H,28,29,30,32)/t12-/m1/s1. The third-order valence-electron chi connectivity index (χ3n) is 5.71. The molecule has 34 heavy (non-hydrogen) atoms. The zero-order valence-corrected chi connectivity index (χ0v) is 18.9. The molecule has 1 amide bonds. The predicted octanol–water partition coefficient (Wildman–Crippen LogP) is 4.14. The number of hydrogen-bond acceptors (Lipinski definition) is 7. The van der Waals surface area contributed by atoms with E-state index in [1.54, 1.807) is 18.7 Å². The first-order chi connectivity index (χ1) is 16.0. The first-order valence-electron chi connectivity index (χ1n) is 10.7. The summed E-state index contributed by atoms with van der Waals surface area (Å²) in [6.07, 6.45) is -1.93. The average Bonchev–Trinajstić information content (AvgIpc) is 2.77. The van der Waals surface area contributed by atoms with Gasteiger partial charge in [-0.05, 0) is 55.7 Å². The lowest BCUT2D eigenvalue weighted by molar-refractivity contribution is -0.137. The molecule has 0 aliphatic carbocycles. The van der Waals surface area contributed by atoms with Crippen LogP contribution >= 0.6 is 0 Å². The maximum absolute atomic E-state index is 13.3. The van der Waals surface area contributed by atoms with Crippen LogP contribution in [0.25, 0.3) is 16.6 Å². The molecule has 1 aliphatic heterocycles. The number of nitrogen functional groups attached to an aromatic ring is 1. The molecule has 0 radical (unpaired) electrons. The fourth-order valence-electron chi connectivity index (χ4n) is 3.88. The number of aromatic nitrogens is 4. The summed E-state index contributed by atoms with van der Waals surface area (Å²) in [7, 11) is 0. The van der Waals surface area contributed by atoms with E-state index in [0.29, 0.717) is 53.4 Å². The molecule has 3 heterocycles. The van der Waals surface area contributed by atoms with E-state index in [9.17, 15) is 18.0 Å². The molecule has 0 fully saturated rings. The van der Waals surface area contributed by atoms with Crippen molar-refractivity contribution < 1.29 is 18.0 Å². The van der Waals surface area contributed by atoms with Gasteiger partial charge in [0.15, 0.2) is 5.65 Å². The number of nitrogens with zero attached hydrogens (tertiary/aromatic N) is 5. The van der Waals surface area contributed by atoms with Gasteiger partial charge < -0.3 is 16.0 Å². The number of nitrogens with one attached hydrogen (secondary N) is 1. The van der Waals surface area contributed by atoms with Crippen LogP contribution in [0.5, 0.6) is 0 Å². The number of halogens is 3. The Morgan fingerprint density at radius 1 is 1.18 bits per heavy atom. The van der Waals surface area contributed by atoms with Crippen molar-refractivity contribution in [2.24, 2.45) is 0 Å². The van der Waals surface area contributed by atoms with E-state index in [2.05, 4.69) is 25.5 Å². The molecule has 4 rings (SSSR count). The third-order valence-corrected chi connectivity index (χ3v) is 5.71. The highest BCUT2D eigenvalue weighted by Crippen LogP contribution is 2.34. The number of benzene rings is 1. The predicted molar refractivity (Wildman–Crippen MR) is 123 cm³/mol. The normalized spacial score (nSPS) is 15.2. The molecule has 1 aliphatic rings. The Balaban J connectivity index is 1.68.